The number of hydrogen-bond acceptors (Lipinski definition) is 5. The normalized spacial score (nSPS) is 13.5. The van der Waals surface area contributed by atoms with Crippen LogP contribution < -0.4 is 5.32 Å². The van der Waals surface area contributed by atoms with Crippen LogP contribution in [0.1, 0.15) is 27.7 Å². The minimum Gasteiger partial charge on any atom is -0.461 e. The van der Waals surface area contributed by atoms with Crippen molar-refractivity contribution in [2.45, 2.75) is 39.9 Å². The number of rotatable bonds is 5. The molecule has 2 unspecified atom stereocenters. The maximum atomic E-state index is 11.3. The molecule has 92 valence electrons. The van der Waals surface area contributed by atoms with E-state index >= 15 is 0 Å². The number of esters is 2. The maximum absolute atomic E-state index is 11.3. The minimum atomic E-state index is -0.845. The van der Waals surface area contributed by atoms with Gasteiger partial charge in [0.25, 0.3) is 5.91 Å². The Hall–Kier alpha value is -1.59. The third-order valence-electron chi connectivity index (χ3n) is 1.64. The number of carbonyl (C=O) groups excluding carboxylic acids is 3. The van der Waals surface area contributed by atoms with Gasteiger partial charge in [-0.05, 0) is 13.8 Å². The minimum absolute atomic E-state index is 0.185. The van der Waals surface area contributed by atoms with Gasteiger partial charge in [-0.1, -0.05) is 0 Å². The van der Waals surface area contributed by atoms with Crippen molar-refractivity contribution in [3.8, 4) is 0 Å². The van der Waals surface area contributed by atoms with E-state index in [9.17, 15) is 14.4 Å². The molecule has 6 heteroatoms. The van der Waals surface area contributed by atoms with E-state index in [4.69, 9.17) is 4.74 Å². The predicted molar refractivity (Wildman–Crippen MR) is 55.5 cm³/mol. The fraction of sp³-hybridized carbons (Fsp3) is 0.700. The Morgan fingerprint density at radius 2 is 1.56 bits per heavy atom. The first kappa shape index (κ1) is 14.4. The first-order valence-electron chi connectivity index (χ1n) is 4.95. The fourth-order valence-corrected chi connectivity index (χ4v) is 1.02. The summed E-state index contributed by atoms with van der Waals surface area (Å²) >= 11 is 0. The predicted octanol–water partition coefficient (Wildman–Crippen LogP) is 0.00580. The summed E-state index contributed by atoms with van der Waals surface area (Å²) in [5.41, 5.74) is 0. The van der Waals surface area contributed by atoms with E-state index in [1.165, 1.54) is 20.8 Å². The van der Waals surface area contributed by atoms with Gasteiger partial charge < -0.3 is 14.8 Å². The molecule has 1 amide bonds. The molecule has 0 rings (SSSR count). The monoisotopic (exact) mass is 231 g/mol. The molecule has 0 aromatic carbocycles. The van der Waals surface area contributed by atoms with Crippen LogP contribution in [0.4, 0.5) is 0 Å². The summed E-state index contributed by atoms with van der Waals surface area (Å²) in [5.74, 6) is -1.35. The van der Waals surface area contributed by atoms with E-state index < -0.39 is 30.1 Å². The van der Waals surface area contributed by atoms with Crippen LogP contribution in [0.5, 0.6) is 0 Å². The van der Waals surface area contributed by atoms with Gasteiger partial charge in [0.05, 0.1) is 6.54 Å². The summed E-state index contributed by atoms with van der Waals surface area (Å²) in [6.45, 7) is 5.82. The standard InChI is InChI=1S/C10H17NO5/c1-6(15-8(3)12)5-11-10(14)7(2)16-9(4)13/h6-7H,5H2,1-4H3,(H,11,14). The molecule has 0 aliphatic rings. The molecule has 0 saturated carbocycles. The van der Waals surface area contributed by atoms with Crippen LogP contribution in [-0.4, -0.2) is 36.6 Å². The first-order chi connectivity index (χ1) is 7.32. The summed E-state index contributed by atoms with van der Waals surface area (Å²) in [7, 11) is 0. The number of nitrogens with one attached hydrogen (secondary N) is 1. The zero-order valence-electron chi connectivity index (χ0n) is 9.90. The molecule has 0 aromatic rings. The average molecular weight is 231 g/mol. The Morgan fingerprint density at radius 3 is 2.00 bits per heavy atom. The van der Waals surface area contributed by atoms with Crippen LogP contribution in [0.25, 0.3) is 0 Å². The zero-order chi connectivity index (χ0) is 12.7. The van der Waals surface area contributed by atoms with Crippen molar-refractivity contribution in [2.24, 2.45) is 0 Å². The third kappa shape index (κ3) is 6.80. The van der Waals surface area contributed by atoms with E-state index in [0.717, 1.165) is 0 Å². The lowest BCUT2D eigenvalue weighted by atomic mass is 10.3. The Kier molecular flexibility index (Phi) is 6.14. The third-order valence-corrected chi connectivity index (χ3v) is 1.64. The van der Waals surface area contributed by atoms with E-state index in [0.29, 0.717) is 0 Å². The molecular weight excluding hydrogens is 214 g/mol. The second-order valence-corrected chi connectivity index (χ2v) is 3.42. The van der Waals surface area contributed by atoms with Gasteiger partial charge in [-0.3, -0.25) is 14.4 Å². The molecule has 0 fully saturated rings. The van der Waals surface area contributed by atoms with E-state index in [1.54, 1.807) is 6.92 Å². The largest absolute Gasteiger partial charge is 0.461 e. The SMILES string of the molecule is CC(=O)OC(C)CNC(=O)C(C)OC(C)=O. The van der Waals surface area contributed by atoms with Crippen molar-refractivity contribution >= 4 is 17.8 Å². The van der Waals surface area contributed by atoms with Gasteiger partial charge in [0.15, 0.2) is 6.10 Å². The second kappa shape index (κ2) is 6.81. The van der Waals surface area contributed by atoms with Crippen LogP contribution >= 0.6 is 0 Å². The number of ether oxygens (including phenoxy) is 2. The maximum Gasteiger partial charge on any atom is 0.303 e. The number of hydrogen-bond donors (Lipinski definition) is 1. The topological polar surface area (TPSA) is 81.7 Å². The fourth-order valence-electron chi connectivity index (χ4n) is 1.02. The molecule has 0 heterocycles. The lowest BCUT2D eigenvalue weighted by molar-refractivity contribution is -0.153. The highest BCUT2D eigenvalue weighted by Gasteiger charge is 2.16. The molecule has 0 aliphatic carbocycles. The quantitative estimate of drug-likeness (QED) is 0.674. The van der Waals surface area contributed by atoms with Gasteiger partial charge >= 0.3 is 11.9 Å². The molecule has 0 saturated heterocycles. The lowest BCUT2D eigenvalue weighted by Gasteiger charge is -2.15. The van der Waals surface area contributed by atoms with Gasteiger partial charge in [0, 0.05) is 13.8 Å². The molecule has 0 bridgehead atoms. The zero-order valence-corrected chi connectivity index (χ0v) is 9.90. The summed E-state index contributed by atoms with van der Waals surface area (Å²) in [6, 6.07) is 0. The summed E-state index contributed by atoms with van der Waals surface area (Å²) in [4.78, 5) is 32.5. The second-order valence-electron chi connectivity index (χ2n) is 3.42. The summed E-state index contributed by atoms with van der Waals surface area (Å²) in [5, 5.41) is 2.50. The molecule has 0 aromatic heterocycles. The number of amides is 1. The van der Waals surface area contributed by atoms with Crippen LogP contribution in [0, 0.1) is 0 Å². The van der Waals surface area contributed by atoms with E-state index in [2.05, 4.69) is 10.1 Å². The lowest BCUT2D eigenvalue weighted by Crippen LogP contribution is -2.39. The van der Waals surface area contributed by atoms with Crippen molar-refractivity contribution in [2.75, 3.05) is 6.54 Å². The van der Waals surface area contributed by atoms with Gasteiger partial charge in [-0.25, -0.2) is 0 Å². The summed E-state index contributed by atoms with van der Waals surface area (Å²) < 4.78 is 9.47. The van der Waals surface area contributed by atoms with E-state index in [1.807, 2.05) is 0 Å². The van der Waals surface area contributed by atoms with Crippen molar-refractivity contribution in [3.05, 3.63) is 0 Å². The van der Waals surface area contributed by atoms with Crippen LogP contribution in [0.15, 0.2) is 0 Å². The highest BCUT2D eigenvalue weighted by molar-refractivity contribution is 5.82. The average Bonchev–Trinajstić information content (AvgIpc) is 2.11. The first-order valence-corrected chi connectivity index (χ1v) is 4.95. The smallest absolute Gasteiger partial charge is 0.303 e. The Labute approximate surface area is 94.3 Å². The molecule has 0 aliphatic heterocycles. The van der Waals surface area contributed by atoms with Crippen LogP contribution in [0.2, 0.25) is 0 Å². The highest BCUT2D eigenvalue weighted by atomic mass is 16.5. The molecule has 16 heavy (non-hydrogen) atoms. The van der Waals surface area contributed by atoms with Crippen LogP contribution in [-0.2, 0) is 23.9 Å². The van der Waals surface area contributed by atoms with Crippen molar-refractivity contribution in [3.63, 3.8) is 0 Å². The molecular formula is C10H17NO5. The summed E-state index contributed by atoms with van der Waals surface area (Å²) in [6.07, 6.45) is -1.26. The molecule has 0 radical (unpaired) electrons. The van der Waals surface area contributed by atoms with Crippen molar-refractivity contribution in [1.29, 1.82) is 0 Å². The Morgan fingerprint density at radius 1 is 1.06 bits per heavy atom. The van der Waals surface area contributed by atoms with Crippen molar-refractivity contribution in [1.82, 2.24) is 5.32 Å². The van der Waals surface area contributed by atoms with Gasteiger partial charge in [-0.2, -0.15) is 0 Å². The Bertz CT molecular complexity index is 276. The van der Waals surface area contributed by atoms with Gasteiger partial charge in [0.2, 0.25) is 0 Å². The van der Waals surface area contributed by atoms with Crippen molar-refractivity contribution < 1.29 is 23.9 Å². The highest BCUT2D eigenvalue weighted by Crippen LogP contribution is 1.93. The molecule has 0 spiro atoms. The van der Waals surface area contributed by atoms with Gasteiger partial charge in [0.1, 0.15) is 6.10 Å². The molecule has 1 N–H and O–H groups in total. The molecule has 2 atom stereocenters. The van der Waals surface area contributed by atoms with Crippen LogP contribution in [0.3, 0.4) is 0 Å². The Balaban J connectivity index is 3.88. The number of carbonyl (C=O) groups is 3. The van der Waals surface area contributed by atoms with Gasteiger partial charge in [-0.15, -0.1) is 0 Å². The molecule has 6 nitrogen and oxygen atoms in total. The van der Waals surface area contributed by atoms with E-state index in [-0.39, 0.29) is 6.54 Å².